The zero-order chi connectivity index (χ0) is 22.2. The molecule has 3 nitrogen and oxygen atoms in total. The standard InChI is InChI=1S/C28H25ClN2O/c1-17-13-18(2)15-20(14-17)22-10-6-11-23-26(29)24(16-30-27(22)23)28(32)31-25-12-5-8-19-7-3-4-9-21(19)25/h3-4,6-7,9-11,13-16,25H,5,8,12H2,1-2H3,(H,31,32). The predicted octanol–water partition coefficient (Wildman–Crippen LogP) is 6.98. The summed E-state index contributed by atoms with van der Waals surface area (Å²) in [5, 5.41) is 4.43. The highest BCUT2D eigenvalue weighted by atomic mass is 35.5. The van der Waals surface area contributed by atoms with Crippen LogP contribution in [-0.4, -0.2) is 10.9 Å². The van der Waals surface area contributed by atoms with E-state index in [2.05, 4.69) is 61.6 Å². The van der Waals surface area contributed by atoms with E-state index in [0.29, 0.717) is 10.6 Å². The summed E-state index contributed by atoms with van der Waals surface area (Å²) in [5.41, 5.74) is 8.26. The number of aromatic nitrogens is 1. The molecule has 1 heterocycles. The molecular weight excluding hydrogens is 416 g/mol. The van der Waals surface area contributed by atoms with Crippen LogP contribution < -0.4 is 5.32 Å². The second kappa shape index (κ2) is 8.40. The van der Waals surface area contributed by atoms with Crippen LogP contribution in [0.5, 0.6) is 0 Å². The first-order chi connectivity index (χ1) is 15.5. The predicted molar refractivity (Wildman–Crippen MR) is 131 cm³/mol. The lowest BCUT2D eigenvalue weighted by Gasteiger charge is -2.26. The van der Waals surface area contributed by atoms with E-state index in [4.69, 9.17) is 16.6 Å². The summed E-state index contributed by atoms with van der Waals surface area (Å²) in [5.74, 6) is -0.178. The summed E-state index contributed by atoms with van der Waals surface area (Å²) in [7, 11) is 0. The number of pyridine rings is 1. The maximum Gasteiger partial charge on any atom is 0.254 e. The van der Waals surface area contributed by atoms with Crippen LogP contribution in [0.15, 0.2) is 66.9 Å². The molecule has 0 saturated carbocycles. The first kappa shape index (κ1) is 20.7. The molecular formula is C28H25ClN2O. The van der Waals surface area contributed by atoms with Crippen molar-refractivity contribution in [3.8, 4) is 11.1 Å². The maximum atomic E-state index is 13.2. The van der Waals surface area contributed by atoms with E-state index in [1.165, 1.54) is 22.3 Å². The minimum atomic E-state index is -0.178. The van der Waals surface area contributed by atoms with E-state index >= 15 is 0 Å². The highest BCUT2D eigenvalue weighted by Crippen LogP contribution is 2.34. The Morgan fingerprint density at radius 1 is 1.03 bits per heavy atom. The van der Waals surface area contributed by atoms with Crippen molar-refractivity contribution in [1.29, 1.82) is 0 Å². The normalized spacial score (nSPS) is 15.4. The van der Waals surface area contributed by atoms with Crippen molar-refractivity contribution in [3.63, 3.8) is 0 Å². The summed E-state index contributed by atoms with van der Waals surface area (Å²) in [6.07, 6.45) is 4.66. The van der Waals surface area contributed by atoms with Crippen LogP contribution in [0.4, 0.5) is 0 Å². The van der Waals surface area contributed by atoms with Gasteiger partial charge in [-0.3, -0.25) is 9.78 Å². The van der Waals surface area contributed by atoms with Crippen molar-refractivity contribution >= 4 is 28.4 Å². The smallest absolute Gasteiger partial charge is 0.254 e. The second-order valence-corrected chi connectivity index (χ2v) is 9.06. The third kappa shape index (κ3) is 3.78. The Labute approximate surface area is 193 Å². The lowest BCUT2D eigenvalue weighted by atomic mass is 9.87. The van der Waals surface area contributed by atoms with Gasteiger partial charge in [-0.25, -0.2) is 0 Å². The molecule has 3 aromatic carbocycles. The SMILES string of the molecule is Cc1cc(C)cc(-c2cccc3c(Cl)c(C(=O)NC4CCCc5ccccc54)cnc23)c1. The third-order valence-corrected chi connectivity index (χ3v) is 6.69. The molecule has 0 saturated heterocycles. The molecule has 5 rings (SSSR count). The number of amides is 1. The molecule has 1 amide bonds. The van der Waals surface area contributed by atoms with Crippen LogP contribution in [-0.2, 0) is 6.42 Å². The number of para-hydroxylation sites is 1. The first-order valence-corrected chi connectivity index (χ1v) is 11.4. The number of fused-ring (bicyclic) bond motifs is 2. The number of aryl methyl sites for hydroxylation is 3. The van der Waals surface area contributed by atoms with E-state index in [9.17, 15) is 4.79 Å². The van der Waals surface area contributed by atoms with Crippen molar-refractivity contribution in [2.45, 2.75) is 39.2 Å². The number of nitrogens with one attached hydrogen (secondary N) is 1. The molecule has 0 aliphatic heterocycles. The number of carbonyl (C=O) groups excluding carboxylic acids is 1. The maximum absolute atomic E-state index is 13.2. The van der Waals surface area contributed by atoms with Crippen LogP contribution in [0.1, 0.15) is 51.5 Å². The summed E-state index contributed by atoms with van der Waals surface area (Å²) in [6, 6.07) is 20.8. The monoisotopic (exact) mass is 440 g/mol. The minimum absolute atomic E-state index is 0.000757. The molecule has 0 spiro atoms. The van der Waals surface area contributed by atoms with Crippen LogP contribution in [0, 0.1) is 13.8 Å². The summed E-state index contributed by atoms with van der Waals surface area (Å²) >= 11 is 6.78. The topological polar surface area (TPSA) is 42.0 Å². The average molecular weight is 441 g/mol. The molecule has 160 valence electrons. The summed E-state index contributed by atoms with van der Waals surface area (Å²) < 4.78 is 0. The van der Waals surface area contributed by atoms with Gasteiger partial charge in [0.1, 0.15) is 0 Å². The van der Waals surface area contributed by atoms with Crippen LogP contribution in [0.2, 0.25) is 5.02 Å². The number of nitrogens with zero attached hydrogens (tertiary/aromatic N) is 1. The Balaban J connectivity index is 1.51. The molecule has 1 aliphatic carbocycles. The van der Waals surface area contributed by atoms with Gasteiger partial charge in [0.2, 0.25) is 0 Å². The fourth-order valence-corrected chi connectivity index (χ4v) is 5.14. The second-order valence-electron chi connectivity index (χ2n) is 8.68. The molecule has 4 aromatic rings. The molecule has 32 heavy (non-hydrogen) atoms. The zero-order valence-corrected chi connectivity index (χ0v) is 19.0. The molecule has 1 atom stereocenters. The fourth-order valence-electron chi connectivity index (χ4n) is 4.85. The van der Waals surface area contributed by atoms with Crippen molar-refractivity contribution in [3.05, 3.63) is 99.7 Å². The Bertz CT molecular complexity index is 1320. The highest BCUT2D eigenvalue weighted by molar-refractivity contribution is 6.38. The average Bonchev–Trinajstić information content (AvgIpc) is 2.78. The van der Waals surface area contributed by atoms with Crippen LogP contribution in [0.3, 0.4) is 0 Å². The molecule has 1 aliphatic rings. The van der Waals surface area contributed by atoms with Gasteiger partial charge in [0.05, 0.1) is 22.1 Å². The molecule has 1 unspecified atom stereocenters. The lowest BCUT2D eigenvalue weighted by Crippen LogP contribution is -2.31. The molecule has 1 aromatic heterocycles. The lowest BCUT2D eigenvalue weighted by molar-refractivity contribution is 0.0932. The van der Waals surface area contributed by atoms with E-state index < -0.39 is 0 Å². The van der Waals surface area contributed by atoms with E-state index in [1.807, 2.05) is 18.2 Å². The minimum Gasteiger partial charge on any atom is -0.345 e. The van der Waals surface area contributed by atoms with Gasteiger partial charge in [0.15, 0.2) is 0 Å². The molecule has 0 bridgehead atoms. The van der Waals surface area contributed by atoms with Gasteiger partial charge in [0, 0.05) is 17.1 Å². The van der Waals surface area contributed by atoms with Crippen molar-refractivity contribution in [1.82, 2.24) is 10.3 Å². The Kier molecular flexibility index (Phi) is 5.44. The quantitative estimate of drug-likeness (QED) is 0.373. The Morgan fingerprint density at radius 3 is 2.62 bits per heavy atom. The van der Waals surface area contributed by atoms with Gasteiger partial charge in [-0.05, 0) is 49.8 Å². The number of hydrogen-bond acceptors (Lipinski definition) is 2. The van der Waals surface area contributed by atoms with Gasteiger partial charge >= 0.3 is 0 Å². The van der Waals surface area contributed by atoms with Gasteiger partial charge < -0.3 is 5.32 Å². The van der Waals surface area contributed by atoms with E-state index in [1.54, 1.807) is 6.20 Å². The van der Waals surface area contributed by atoms with Crippen LogP contribution >= 0.6 is 11.6 Å². The molecule has 0 radical (unpaired) electrons. The number of halogens is 1. The molecule has 4 heteroatoms. The van der Waals surface area contributed by atoms with Gasteiger partial charge in [-0.1, -0.05) is 83.4 Å². The van der Waals surface area contributed by atoms with E-state index in [0.717, 1.165) is 41.3 Å². The van der Waals surface area contributed by atoms with Crippen molar-refractivity contribution in [2.24, 2.45) is 0 Å². The molecule has 0 fully saturated rings. The fraction of sp³-hybridized carbons (Fsp3) is 0.214. The number of benzene rings is 3. The molecule has 1 N–H and O–H groups in total. The van der Waals surface area contributed by atoms with Gasteiger partial charge in [-0.2, -0.15) is 0 Å². The van der Waals surface area contributed by atoms with Gasteiger partial charge in [-0.15, -0.1) is 0 Å². The van der Waals surface area contributed by atoms with Crippen molar-refractivity contribution in [2.75, 3.05) is 0 Å². The summed E-state index contributed by atoms with van der Waals surface area (Å²) in [4.78, 5) is 17.9. The third-order valence-electron chi connectivity index (χ3n) is 6.28. The van der Waals surface area contributed by atoms with Crippen LogP contribution in [0.25, 0.3) is 22.0 Å². The Morgan fingerprint density at radius 2 is 1.81 bits per heavy atom. The zero-order valence-electron chi connectivity index (χ0n) is 18.3. The van der Waals surface area contributed by atoms with Crippen molar-refractivity contribution < 1.29 is 4.79 Å². The highest BCUT2D eigenvalue weighted by Gasteiger charge is 2.24. The number of rotatable bonds is 3. The largest absolute Gasteiger partial charge is 0.345 e. The van der Waals surface area contributed by atoms with Gasteiger partial charge in [0.25, 0.3) is 5.91 Å². The summed E-state index contributed by atoms with van der Waals surface area (Å²) in [6.45, 7) is 4.18. The number of hydrogen-bond donors (Lipinski definition) is 1. The first-order valence-electron chi connectivity index (χ1n) is 11.1. The van der Waals surface area contributed by atoms with E-state index in [-0.39, 0.29) is 11.9 Å². The Hall–Kier alpha value is -3.17. The number of carbonyl (C=O) groups is 1.